The SMILES string of the molecule is N#CCCCCOc1ccc(C(F)(F)Oc2ccc(/C=C/C(=O)OCCCCCCOC(=O)c3cc(N)cc(N)c3)cc2)cc1. The van der Waals surface area contributed by atoms with Crippen LogP contribution in [-0.2, 0) is 20.4 Å². The molecule has 3 rings (SSSR count). The molecule has 0 aliphatic rings. The smallest absolute Gasteiger partial charge is 0.426 e. The molecule has 0 aliphatic carbocycles. The molecule has 0 amide bonds. The van der Waals surface area contributed by atoms with Crippen LogP contribution in [0.25, 0.3) is 6.08 Å². The highest BCUT2D eigenvalue weighted by Gasteiger charge is 2.34. The Hall–Kier alpha value is -5.11. The van der Waals surface area contributed by atoms with Crippen LogP contribution in [0.3, 0.4) is 0 Å². The normalized spacial score (nSPS) is 11.1. The summed E-state index contributed by atoms with van der Waals surface area (Å²) in [5, 5.41) is 8.54. The molecular weight excluding hydrogens is 584 g/mol. The molecule has 0 unspecified atom stereocenters. The molecule has 0 bridgehead atoms. The zero-order chi connectivity index (χ0) is 32.5. The largest absolute Gasteiger partial charge is 0.494 e. The third kappa shape index (κ3) is 12.6. The van der Waals surface area contributed by atoms with Crippen molar-refractivity contribution in [1.29, 1.82) is 5.26 Å². The number of hydrogen-bond acceptors (Lipinski definition) is 9. The molecule has 0 saturated carbocycles. The minimum atomic E-state index is -3.57. The Bertz CT molecular complexity index is 1430. The molecule has 238 valence electrons. The van der Waals surface area contributed by atoms with Gasteiger partial charge in [0.15, 0.2) is 0 Å². The average molecular weight is 622 g/mol. The van der Waals surface area contributed by atoms with Gasteiger partial charge in [0.05, 0.1) is 37.0 Å². The van der Waals surface area contributed by atoms with Crippen molar-refractivity contribution in [3.63, 3.8) is 0 Å². The Kier molecular flexibility index (Phi) is 13.7. The van der Waals surface area contributed by atoms with Crippen LogP contribution in [0.5, 0.6) is 11.5 Å². The molecule has 0 atom stereocenters. The second-order valence-corrected chi connectivity index (χ2v) is 10.1. The molecule has 0 fully saturated rings. The van der Waals surface area contributed by atoms with Crippen LogP contribution in [0.15, 0.2) is 72.8 Å². The zero-order valence-corrected chi connectivity index (χ0v) is 24.9. The predicted octanol–water partition coefficient (Wildman–Crippen LogP) is 7.03. The first-order valence-corrected chi connectivity index (χ1v) is 14.6. The molecule has 0 aliphatic heterocycles. The molecule has 11 heteroatoms. The van der Waals surface area contributed by atoms with E-state index in [9.17, 15) is 18.4 Å². The first kappa shape index (κ1) is 34.4. The number of halogens is 2. The summed E-state index contributed by atoms with van der Waals surface area (Å²) in [6, 6.07) is 17.9. The van der Waals surface area contributed by atoms with Gasteiger partial charge in [0.1, 0.15) is 11.5 Å². The van der Waals surface area contributed by atoms with Crippen LogP contribution in [0, 0.1) is 11.3 Å². The Morgan fingerprint density at radius 3 is 2.02 bits per heavy atom. The van der Waals surface area contributed by atoms with E-state index < -0.39 is 18.0 Å². The predicted molar refractivity (Wildman–Crippen MR) is 166 cm³/mol. The highest BCUT2D eigenvalue weighted by Crippen LogP contribution is 2.32. The minimum Gasteiger partial charge on any atom is -0.494 e. The van der Waals surface area contributed by atoms with Gasteiger partial charge in [0.25, 0.3) is 0 Å². The van der Waals surface area contributed by atoms with Crippen LogP contribution >= 0.6 is 0 Å². The molecule has 3 aromatic rings. The number of rotatable bonds is 18. The van der Waals surface area contributed by atoms with E-state index >= 15 is 0 Å². The lowest BCUT2D eigenvalue weighted by molar-refractivity contribution is -0.185. The Balaban J connectivity index is 1.30. The lowest BCUT2D eigenvalue weighted by atomic mass is 10.2. The van der Waals surface area contributed by atoms with E-state index in [1.54, 1.807) is 18.2 Å². The van der Waals surface area contributed by atoms with Crippen molar-refractivity contribution in [2.24, 2.45) is 0 Å². The quantitative estimate of drug-likeness (QED) is 0.0661. The zero-order valence-electron chi connectivity index (χ0n) is 24.9. The van der Waals surface area contributed by atoms with E-state index in [-0.39, 0.29) is 24.5 Å². The van der Waals surface area contributed by atoms with Gasteiger partial charge < -0.3 is 30.4 Å². The van der Waals surface area contributed by atoms with Crippen molar-refractivity contribution in [3.05, 3.63) is 89.5 Å². The summed E-state index contributed by atoms with van der Waals surface area (Å²) < 4.78 is 50.2. The highest BCUT2D eigenvalue weighted by atomic mass is 19.3. The maximum absolute atomic E-state index is 14.7. The molecule has 45 heavy (non-hydrogen) atoms. The number of nitrogens with zero attached hydrogens (tertiary/aromatic N) is 1. The molecule has 0 aromatic heterocycles. The summed E-state index contributed by atoms with van der Waals surface area (Å²) in [4.78, 5) is 24.1. The van der Waals surface area contributed by atoms with Crippen molar-refractivity contribution in [3.8, 4) is 17.6 Å². The number of nitrogen functional groups attached to an aromatic ring is 2. The van der Waals surface area contributed by atoms with Gasteiger partial charge in [-0.1, -0.05) is 12.1 Å². The van der Waals surface area contributed by atoms with E-state index in [4.69, 9.17) is 35.7 Å². The number of carbonyl (C=O) groups is 2. The molecule has 9 nitrogen and oxygen atoms in total. The van der Waals surface area contributed by atoms with Crippen molar-refractivity contribution >= 4 is 29.4 Å². The molecular formula is C34H37F2N3O6. The van der Waals surface area contributed by atoms with Gasteiger partial charge in [-0.05, 0) is 105 Å². The van der Waals surface area contributed by atoms with E-state index in [0.717, 1.165) is 12.8 Å². The number of ether oxygens (including phenoxy) is 4. The molecule has 0 spiro atoms. The molecule has 3 aromatic carbocycles. The first-order chi connectivity index (χ1) is 21.7. The maximum Gasteiger partial charge on any atom is 0.426 e. The third-order valence-corrected chi connectivity index (χ3v) is 6.41. The van der Waals surface area contributed by atoms with Crippen molar-refractivity contribution in [1.82, 2.24) is 0 Å². The van der Waals surface area contributed by atoms with E-state index in [1.165, 1.54) is 60.7 Å². The molecule has 4 N–H and O–H groups in total. The number of nitriles is 1. The van der Waals surface area contributed by atoms with Crippen molar-refractivity contribution < 1.29 is 37.3 Å². The number of anilines is 2. The van der Waals surface area contributed by atoms with Gasteiger partial charge >= 0.3 is 18.0 Å². The van der Waals surface area contributed by atoms with E-state index in [0.29, 0.717) is 67.0 Å². The Morgan fingerprint density at radius 1 is 0.778 bits per heavy atom. The fraction of sp³-hybridized carbons (Fsp3) is 0.324. The van der Waals surface area contributed by atoms with Crippen LogP contribution in [0.4, 0.5) is 20.2 Å². The number of nitrogens with two attached hydrogens (primary N) is 2. The van der Waals surface area contributed by atoms with Gasteiger partial charge in [0.2, 0.25) is 0 Å². The van der Waals surface area contributed by atoms with Crippen molar-refractivity contribution in [2.45, 2.75) is 51.1 Å². The Morgan fingerprint density at radius 2 is 1.38 bits per heavy atom. The van der Waals surface area contributed by atoms with Gasteiger partial charge in [-0.25, -0.2) is 9.59 Å². The van der Waals surface area contributed by atoms with Crippen molar-refractivity contribution in [2.75, 3.05) is 31.3 Å². The number of unbranched alkanes of at least 4 members (excludes halogenated alkanes) is 5. The summed E-state index contributed by atoms with van der Waals surface area (Å²) in [6.45, 7) is 0.896. The lowest BCUT2D eigenvalue weighted by Gasteiger charge is -2.18. The van der Waals surface area contributed by atoms with Crippen LogP contribution in [0.2, 0.25) is 0 Å². The fourth-order valence-corrected chi connectivity index (χ4v) is 4.08. The van der Waals surface area contributed by atoms with Crippen LogP contribution in [-0.4, -0.2) is 31.8 Å². The van der Waals surface area contributed by atoms with Crippen LogP contribution < -0.4 is 20.9 Å². The summed E-state index contributed by atoms with van der Waals surface area (Å²) in [5.74, 6) is -0.587. The number of esters is 2. The lowest BCUT2D eigenvalue weighted by Crippen LogP contribution is -2.21. The number of alkyl halides is 2. The molecule has 0 saturated heterocycles. The number of benzene rings is 3. The number of hydrogen-bond donors (Lipinski definition) is 2. The van der Waals surface area contributed by atoms with Gasteiger partial charge in [-0.3, -0.25) is 0 Å². The number of carbonyl (C=O) groups excluding carboxylic acids is 2. The Labute approximate surface area is 261 Å². The van der Waals surface area contributed by atoms with E-state index in [1.807, 2.05) is 0 Å². The second kappa shape index (κ2) is 17.9. The second-order valence-electron chi connectivity index (χ2n) is 10.1. The summed E-state index contributed by atoms with van der Waals surface area (Å²) in [5.41, 5.74) is 12.7. The first-order valence-electron chi connectivity index (χ1n) is 14.6. The fourth-order valence-electron chi connectivity index (χ4n) is 4.08. The topological polar surface area (TPSA) is 147 Å². The average Bonchev–Trinajstić information content (AvgIpc) is 3.01. The molecule has 0 heterocycles. The maximum atomic E-state index is 14.7. The monoisotopic (exact) mass is 621 g/mol. The van der Waals surface area contributed by atoms with Gasteiger partial charge in [0, 0.05) is 23.9 Å². The summed E-state index contributed by atoms with van der Waals surface area (Å²) in [7, 11) is 0. The summed E-state index contributed by atoms with van der Waals surface area (Å²) >= 11 is 0. The summed E-state index contributed by atoms with van der Waals surface area (Å²) in [6.07, 6.45) is 3.98. The van der Waals surface area contributed by atoms with Gasteiger partial charge in [-0.2, -0.15) is 14.0 Å². The molecule has 0 radical (unpaired) electrons. The third-order valence-electron chi connectivity index (χ3n) is 6.41. The minimum absolute atomic E-state index is 0.0400. The standard InChI is InChI=1S/C34H37F2N3O6/c35-34(36,27-11-15-30(16-12-27)42-19-7-3-4-18-37)45-31-13-8-25(9-14-31)10-17-32(40)43-20-5-1-2-6-21-44-33(41)26-22-28(38)24-29(39)23-26/h8-17,22-24H,1-7,19-21,38-39H2/b17-10+. The highest BCUT2D eigenvalue weighted by molar-refractivity contribution is 5.91. The van der Waals surface area contributed by atoms with Gasteiger partial charge in [-0.15, -0.1) is 0 Å². The van der Waals surface area contributed by atoms with E-state index in [2.05, 4.69) is 6.07 Å². The van der Waals surface area contributed by atoms with Crippen LogP contribution in [0.1, 0.15) is 66.4 Å².